The van der Waals surface area contributed by atoms with E-state index in [4.69, 9.17) is 4.42 Å². The van der Waals surface area contributed by atoms with E-state index < -0.39 is 5.60 Å². The van der Waals surface area contributed by atoms with E-state index in [0.717, 1.165) is 51.3 Å². The molecule has 3 fully saturated rings. The lowest BCUT2D eigenvalue weighted by molar-refractivity contribution is -0.955. The molecule has 1 aliphatic carbocycles. The first-order valence-electron chi connectivity index (χ1n) is 12.6. The maximum atomic E-state index is 12.0. The number of aromatic nitrogens is 2. The average molecular weight is 499 g/mol. The van der Waals surface area contributed by atoms with Crippen molar-refractivity contribution in [2.75, 3.05) is 19.6 Å². The van der Waals surface area contributed by atoms with Gasteiger partial charge in [-0.1, -0.05) is 54.6 Å². The Hall–Kier alpha value is -3.13. The largest absolute Gasteiger partial charge is 0.508 e. The van der Waals surface area contributed by atoms with Crippen LogP contribution in [0.25, 0.3) is 11.1 Å². The van der Waals surface area contributed by atoms with Crippen molar-refractivity contribution in [3.63, 3.8) is 0 Å². The summed E-state index contributed by atoms with van der Waals surface area (Å²) in [6, 6.07) is 23.4. The first-order valence-corrected chi connectivity index (χ1v) is 13.5. The monoisotopic (exact) mass is 498 g/mol. The Kier molecular flexibility index (Phi) is 5.03. The average Bonchev–Trinajstić information content (AvgIpc) is 3.47. The van der Waals surface area contributed by atoms with Gasteiger partial charge in [-0.25, -0.2) is 0 Å². The van der Waals surface area contributed by atoms with Gasteiger partial charge in [-0.05, 0) is 35.2 Å². The van der Waals surface area contributed by atoms with Crippen molar-refractivity contribution in [2.45, 2.75) is 35.1 Å². The minimum absolute atomic E-state index is 0.241. The number of rotatable bonds is 5. The van der Waals surface area contributed by atoms with Gasteiger partial charge in [-0.2, -0.15) is 0 Å². The molecule has 2 N–H and O–H groups in total. The van der Waals surface area contributed by atoms with Crippen molar-refractivity contribution >= 4 is 11.8 Å². The summed E-state index contributed by atoms with van der Waals surface area (Å²) in [6.45, 7) is 3.93. The van der Waals surface area contributed by atoms with Crippen molar-refractivity contribution in [1.82, 2.24) is 10.2 Å². The molecule has 4 heterocycles. The van der Waals surface area contributed by atoms with Gasteiger partial charge in [0, 0.05) is 28.9 Å². The molecule has 7 heteroatoms. The Labute approximate surface area is 214 Å². The van der Waals surface area contributed by atoms with E-state index in [0.29, 0.717) is 29.4 Å². The van der Waals surface area contributed by atoms with Crippen molar-refractivity contribution < 1.29 is 19.1 Å². The summed E-state index contributed by atoms with van der Waals surface area (Å²) >= 11 is 1.88. The zero-order valence-electron chi connectivity index (χ0n) is 19.9. The Balaban J connectivity index is 1.17. The van der Waals surface area contributed by atoms with Crippen molar-refractivity contribution in [1.29, 1.82) is 0 Å². The van der Waals surface area contributed by atoms with Crippen molar-refractivity contribution in [3.8, 4) is 16.9 Å². The highest BCUT2D eigenvalue weighted by molar-refractivity contribution is 8.00. The molecule has 4 aliphatic rings. The van der Waals surface area contributed by atoms with Crippen LogP contribution in [0.2, 0.25) is 0 Å². The number of aromatic hydroxyl groups is 1. The summed E-state index contributed by atoms with van der Waals surface area (Å²) in [6.07, 6.45) is 2.37. The molecule has 0 unspecified atom stereocenters. The highest BCUT2D eigenvalue weighted by Crippen LogP contribution is 2.50. The van der Waals surface area contributed by atoms with Crippen LogP contribution in [-0.4, -0.2) is 49.8 Å². The number of benzene rings is 3. The molecule has 3 saturated heterocycles. The lowest BCUT2D eigenvalue weighted by Gasteiger charge is -2.51. The molecule has 3 aromatic carbocycles. The zero-order chi connectivity index (χ0) is 24.3. The van der Waals surface area contributed by atoms with Gasteiger partial charge in [0.25, 0.3) is 11.8 Å². The van der Waals surface area contributed by atoms with Gasteiger partial charge < -0.3 is 19.1 Å². The van der Waals surface area contributed by atoms with Crippen LogP contribution in [0.5, 0.6) is 5.75 Å². The van der Waals surface area contributed by atoms with Gasteiger partial charge in [0.05, 0.1) is 24.9 Å². The van der Waals surface area contributed by atoms with Crippen molar-refractivity contribution in [3.05, 3.63) is 95.7 Å². The quantitative estimate of drug-likeness (QED) is 0.380. The lowest BCUT2D eigenvalue weighted by Crippen LogP contribution is -2.62. The third kappa shape index (κ3) is 3.41. The Morgan fingerprint density at radius 2 is 1.61 bits per heavy atom. The molecular weight excluding hydrogens is 470 g/mol. The molecular formula is C29H28N3O3S+. The van der Waals surface area contributed by atoms with Gasteiger partial charge in [0.15, 0.2) is 12.1 Å². The Morgan fingerprint density at radius 1 is 0.917 bits per heavy atom. The molecule has 36 heavy (non-hydrogen) atoms. The van der Waals surface area contributed by atoms with E-state index in [1.54, 1.807) is 6.07 Å². The second-order valence-corrected chi connectivity index (χ2v) is 11.7. The van der Waals surface area contributed by atoms with Crippen LogP contribution in [0, 0.1) is 5.92 Å². The second-order valence-electron chi connectivity index (χ2n) is 10.4. The molecule has 0 saturated carbocycles. The summed E-state index contributed by atoms with van der Waals surface area (Å²) in [5.41, 5.74) is 2.13. The number of phenols is 1. The predicted molar refractivity (Wildman–Crippen MR) is 137 cm³/mol. The van der Waals surface area contributed by atoms with E-state index in [1.165, 1.54) is 12.8 Å². The van der Waals surface area contributed by atoms with Crippen LogP contribution in [0.15, 0.2) is 82.1 Å². The number of phenolic OH excluding ortho intramolecular Hbond substituents is 1. The SMILES string of the molecule is Oc1cccc(S[C@H]2C[N+]3(Cc4nnc(C5(O)c6ccccc6-c6ccccc65)o4)CCC2CC3)c1. The number of nitrogens with zero attached hydrogens (tertiary/aromatic N) is 3. The predicted octanol–water partition coefficient (Wildman–Crippen LogP) is 4.94. The molecule has 0 amide bonds. The van der Waals surface area contributed by atoms with Crippen LogP contribution >= 0.6 is 11.8 Å². The van der Waals surface area contributed by atoms with Crippen LogP contribution in [-0.2, 0) is 12.1 Å². The van der Waals surface area contributed by atoms with Crippen LogP contribution < -0.4 is 0 Å². The van der Waals surface area contributed by atoms with Crippen LogP contribution in [0.3, 0.4) is 0 Å². The van der Waals surface area contributed by atoms with Gasteiger partial charge >= 0.3 is 0 Å². The molecule has 8 rings (SSSR count). The number of aliphatic hydroxyl groups is 1. The Morgan fingerprint density at radius 3 is 2.31 bits per heavy atom. The third-order valence-corrected chi connectivity index (χ3v) is 9.68. The van der Waals surface area contributed by atoms with Crippen molar-refractivity contribution in [2.24, 2.45) is 5.92 Å². The molecule has 1 atom stereocenters. The van der Waals surface area contributed by atoms with Crippen LogP contribution in [0.4, 0.5) is 0 Å². The minimum atomic E-state index is -1.44. The molecule has 0 spiro atoms. The van der Waals surface area contributed by atoms with E-state index in [9.17, 15) is 10.2 Å². The first kappa shape index (κ1) is 22.1. The normalized spacial score (nSPS) is 25.5. The van der Waals surface area contributed by atoms with E-state index in [2.05, 4.69) is 16.3 Å². The smallest absolute Gasteiger partial charge is 0.271 e. The molecule has 6 nitrogen and oxygen atoms in total. The minimum Gasteiger partial charge on any atom is -0.508 e. The van der Waals surface area contributed by atoms with Gasteiger partial charge in [-0.15, -0.1) is 22.0 Å². The van der Waals surface area contributed by atoms with Crippen LogP contribution in [0.1, 0.15) is 35.7 Å². The second kappa shape index (κ2) is 8.20. The molecule has 3 aliphatic heterocycles. The zero-order valence-corrected chi connectivity index (χ0v) is 20.7. The first-order chi connectivity index (χ1) is 17.5. The summed E-state index contributed by atoms with van der Waals surface area (Å²) in [4.78, 5) is 1.12. The number of fused-ring (bicyclic) bond motifs is 6. The number of thioether (sulfide) groups is 1. The standard InChI is InChI=1S/C29H27N3O3S/c33-20-6-5-7-21(16-20)36-26-17-32(14-12-19(26)13-15-32)18-27-30-31-28(35-27)29(34)24-10-3-1-8-22(24)23-9-2-4-11-25(23)29/h1-11,16,19,26,34H,12-15,17-18H2/p+1/t19?,26-,32?/m0/s1. The van der Waals surface area contributed by atoms with E-state index in [1.807, 2.05) is 72.4 Å². The lowest BCUT2D eigenvalue weighted by atomic mass is 9.85. The Bertz CT molecular complexity index is 1400. The molecule has 182 valence electrons. The highest BCUT2D eigenvalue weighted by Gasteiger charge is 2.49. The van der Waals surface area contributed by atoms with Gasteiger partial charge in [0.2, 0.25) is 0 Å². The fourth-order valence-electron chi connectivity index (χ4n) is 6.50. The molecule has 4 aromatic rings. The topological polar surface area (TPSA) is 79.4 Å². The molecule has 0 radical (unpaired) electrons. The summed E-state index contributed by atoms with van der Waals surface area (Å²) in [7, 11) is 0. The number of quaternary nitrogens is 1. The van der Waals surface area contributed by atoms with E-state index in [-0.39, 0.29) is 5.89 Å². The number of hydrogen-bond donors (Lipinski definition) is 2. The van der Waals surface area contributed by atoms with Gasteiger partial charge in [-0.3, -0.25) is 0 Å². The molecule has 2 bridgehead atoms. The number of piperidine rings is 3. The number of hydrogen-bond acceptors (Lipinski definition) is 6. The maximum absolute atomic E-state index is 12.0. The maximum Gasteiger partial charge on any atom is 0.271 e. The molecule has 1 aromatic heterocycles. The fourth-order valence-corrected chi connectivity index (χ4v) is 8.05. The third-order valence-electron chi connectivity index (χ3n) is 8.32. The summed E-state index contributed by atoms with van der Waals surface area (Å²) < 4.78 is 7.20. The van der Waals surface area contributed by atoms with E-state index >= 15 is 0 Å². The van der Waals surface area contributed by atoms with Gasteiger partial charge in [0.1, 0.15) is 5.75 Å². The summed E-state index contributed by atoms with van der Waals surface area (Å²) in [5.74, 6) is 1.84. The highest BCUT2D eigenvalue weighted by atomic mass is 32.2. The summed E-state index contributed by atoms with van der Waals surface area (Å²) in [5, 5.41) is 31.2. The fraction of sp³-hybridized carbons (Fsp3) is 0.310.